The van der Waals surface area contributed by atoms with Gasteiger partial charge in [0.05, 0.1) is 4.88 Å². The largest absolute Gasteiger partial charge is 0.351 e. The van der Waals surface area contributed by atoms with Crippen molar-refractivity contribution in [3.8, 4) is 0 Å². The maximum atomic E-state index is 11.7. The minimum absolute atomic E-state index is 0.0551. The van der Waals surface area contributed by atoms with Gasteiger partial charge in [-0.25, -0.2) is 0 Å². The van der Waals surface area contributed by atoms with Crippen LogP contribution in [0.4, 0.5) is 0 Å². The average molecular weight is 244 g/mol. The lowest BCUT2D eigenvalue weighted by Crippen LogP contribution is -2.23. The Morgan fingerprint density at radius 2 is 2.40 bits per heavy atom. The average Bonchev–Trinajstić information content (AvgIpc) is 2.76. The van der Waals surface area contributed by atoms with Crippen LogP contribution in [0.25, 0.3) is 0 Å². The predicted molar refractivity (Wildman–Crippen MR) is 64.0 cm³/mol. The number of thiophene rings is 1. The number of halogens is 1. The highest BCUT2D eigenvalue weighted by Gasteiger charge is 2.17. The Kier molecular flexibility index (Phi) is 3.65. The van der Waals surface area contributed by atoms with Crippen molar-refractivity contribution in [1.82, 2.24) is 5.32 Å². The van der Waals surface area contributed by atoms with E-state index in [2.05, 4.69) is 5.32 Å². The molecule has 1 amide bonds. The molecule has 1 aromatic rings. The fourth-order valence-corrected chi connectivity index (χ4v) is 3.10. The van der Waals surface area contributed by atoms with Gasteiger partial charge >= 0.3 is 0 Å². The minimum atomic E-state index is 0.0551. The molecule has 0 atom stereocenters. The molecular weight excluding hydrogens is 230 g/mol. The molecule has 0 unspecified atom stereocenters. The van der Waals surface area contributed by atoms with Crippen molar-refractivity contribution in [2.75, 3.05) is 12.4 Å². The summed E-state index contributed by atoms with van der Waals surface area (Å²) in [6.07, 6.45) is 4.36. The first-order chi connectivity index (χ1) is 7.31. The van der Waals surface area contributed by atoms with Crippen molar-refractivity contribution in [3.63, 3.8) is 0 Å². The summed E-state index contributed by atoms with van der Waals surface area (Å²) in [5.41, 5.74) is 1.38. The first-order valence-corrected chi connectivity index (χ1v) is 6.62. The molecule has 0 aromatic carbocycles. The molecule has 0 radical (unpaired) electrons. The van der Waals surface area contributed by atoms with Crippen LogP contribution in [0.1, 0.15) is 33.0 Å². The molecule has 1 aliphatic carbocycles. The van der Waals surface area contributed by atoms with Crippen LogP contribution in [0.15, 0.2) is 6.07 Å². The van der Waals surface area contributed by atoms with Crippen molar-refractivity contribution >= 4 is 28.8 Å². The quantitative estimate of drug-likeness (QED) is 0.639. The first-order valence-electron chi connectivity index (χ1n) is 5.27. The van der Waals surface area contributed by atoms with Crippen LogP contribution in [0.5, 0.6) is 0 Å². The summed E-state index contributed by atoms with van der Waals surface area (Å²) in [4.78, 5) is 13.9. The highest BCUT2D eigenvalue weighted by atomic mass is 35.5. The molecule has 0 bridgehead atoms. The lowest BCUT2D eigenvalue weighted by Gasteiger charge is -2.00. The summed E-state index contributed by atoms with van der Waals surface area (Å²) in [5.74, 6) is 0.654. The Morgan fingerprint density at radius 3 is 3.13 bits per heavy atom. The van der Waals surface area contributed by atoms with Crippen LogP contribution in [0.2, 0.25) is 0 Å². The van der Waals surface area contributed by atoms with E-state index < -0.39 is 0 Å². The normalized spacial score (nSPS) is 13.9. The Balaban J connectivity index is 1.94. The molecule has 4 heteroatoms. The van der Waals surface area contributed by atoms with Gasteiger partial charge in [0.1, 0.15) is 0 Å². The van der Waals surface area contributed by atoms with Crippen LogP contribution in [0.3, 0.4) is 0 Å². The molecule has 0 saturated heterocycles. The maximum Gasteiger partial charge on any atom is 0.261 e. The standard InChI is InChI=1S/C11H14ClNOS/c12-5-2-6-13-11(14)10-7-8-3-1-4-9(8)15-10/h7H,1-6H2,(H,13,14). The molecule has 1 aliphatic rings. The number of fused-ring (bicyclic) bond motifs is 1. The Hall–Kier alpha value is -0.540. The van der Waals surface area contributed by atoms with Gasteiger partial charge in [-0.05, 0) is 37.3 Å². The fraction of sp³-hybridized carbons (Fsp3) is 0.545. The van der Waals surface area contributed by atoms with Crippen LogP contribution >= 0.6 is 22.9 Å². The van der Waals surface area contributed by atoms with Gasteiger partial charge in [-0.1, -0.05) is 0 Å². The van der Waals surface area contributed by atoms with Crippen LogP contribution < -0.4 is 5.32 Å². The molecule has 1 heterocycles. The van der Waals surface area contributed by atoms with Crippen molar-refractivity contribution in [1.29, 1.82) is 0 Å². The molecule has 1 N–H and O–H groups in total. The highest BCUT2D eigenvalue weighted by molar-refractivity contribution is 7.14. The summed E-state index contributed by atoms with van der Waals surface area (Å²) in [6.45, 7) is 0.672. The molecule has 82 valence electrons. The number of amides is 1. The van der Waals surface area contributed by atoms with E-state index in [-0.39, 0.29) is 5.91 Å². The van der Waals surface area contributed by atoms with Gasteiger partial charge in [0.2, 0.25) is 0 Å². The number of nitrogens with one attached hydrogen (secondary N) is 1. The molecule has 0 spiro atoms. The lowest BCUT2D eigenvalue weighted by atomic mass is 10.2. The monoisotopic (exact) mass is 243 g/mol. The van der Waals surface area contributed by atoms with Crippen LogP contribution in [0, 0.1) is 0 Å². The van der Waals surface area contributed by atoms with Gasteiger partial charge in [-0.3, -0.25) is 4.79 Å². The molecule has 0 fully saturated rings. The van der Waals surface area contributed by atoms with E-state index >= 15 is 0 Å². The van der Waals surface area contributed by atoms with Gasteiger partial charge in [0, 0.05) is 17.3 Å². The molecule has 2 nitrogen and oxygen atoms in total. The second-order valence-corrected chi connectivity index (χ2v) is 5.23. The molecule has 0 saturated carbocycles. The zero-order valence-corrected chi connectivity index (χ0v) is 10.1. The summed E-state index contributed by atoms with van der Waals surface area (Å²) in [6, 6.07) is 2.04. The fourth-order valence-electron chi connectivity index (χ4n) is 1.80. The van der Waals surface area contributed by atoms with Crippen molar-refractivity contribution in [3.05, 3.63) is 21.4 Å². The van der Waals surface area contributed by atoms with E-state index in [4.69, 9.17) is 11.6 Å². The molecule has 0 aliphatic heterocycles. The number of carbonyl (C=O) groups excluding carboxylic acids is 1. The molecular formula is C11H14ClNOS. The first kappa shape index (κ1) is 11.0. The third-order valence-corrected chi connectivity index (χ3v) is 4.07. The maximum absolute atomic E-state index is 11.7. The van der Waals surface area contributed by atoms with Gasteiger partial charge in [-0.15, -0.1) is 22.9 Å². The van der Waals surface area contributed by atoms with Crippen LogP contribution in [-0.4, -0.2) is 18.3 Å². The van der Waals surface area contributed by atoms with E-state index in [0.717, 1.165) is 24.1 Å². The van der Waals surface area contributed by atoms with Crippen molar-refractivity contribution in [2.45, 2.75) is 25.7 Å². The Morgan fingerprint density at radius 1 is 1.53 bits per heavy atom. The Labute approximate surface area is 98.6 Å². The SMILES string of the molecule is O=C(NCCCCl)c1cc2c(s1)CCC2. The molecule has 2 rings (SSSR count). The van der Waals surface area contributed by atoms with Gasteiger partial charge in [-0.2, -0.15) is 0 Å². The second kappa shape index (κ2) is 4.99. The van der Waals surface area contributed by atoms with E-state index in [1.165, 1.54) is 16.9 Å². The van der Waals surface area contributed by atoms with E-state index in [0.29, 0.717) is 12.4 Å². The summed E-state index contributed by atoms with van der Waals surface area (Å²) in [7, 11) is 0. The summed E-state index contributed by atoms with van der Waals surface area (Å²) >= 11 is 7.19. The summed E-state index contributed by atoms with van der Waals surface area (Å²) < 4.78 is 0. The molecule has 15 heavy (non-hydrogen) atoms. The number of carbonyl (C=O) groups is 1. The lowest BCUT2D eigenvalue weighted by molar-refractivity contribution is 0.0958. The predicted octanol–water partition coefficient (Wildman–Crippen LogP) is 2.60. The number of alkyl halides is 1. The van der Waals surface area contributed by atoms with E-state index in [9.17, 15) is 4.79 Å². The third-order valence-electron chi connectivity index (χ3n) is 2.57. The number of rotatable bonds is 4. The number of hydrogen-bond acceptors (Lipinski definition) is 2. The summed E-state index contributed by atoms with van der Waals surface area (Å²) in [5, 5.41) is 2.88. The van der Waals surface area contributed by atoms with E-state index in [1.807, 2.05) is 6.07 Å². The zero-order chi connectivity index (χ0) is 10.7. The Bertz CT molecular complexity index is 340. The third kappa shape index (κ3) is 2.52. The second-order valence-electron chi connectivity index (χ2n) is 3.71. The van der Waals surface area contributed by atoms with Crippen LogP contribution in [-0.2, 0) is 12.8 Å². The zero-order valence-electron chi connectivity index (χ0n) is 8.51. The molecule has 1 aromatic heterocycles. The van der Waals surface area contributed by atoms with E-state index in [1.54, 1.807) is 11.3 Å². The van der Waals surface area contributed by atoms with Crippen molar-refractivity contribution in [2.24, 2.45) is 0 Å². The van der Waals surface area contributed by atoms with Gasteiger partial charge in [0.15, 0.2) is 0 Å². The van der Waals surface area contributed by atoms with Gasteiger partial charge < -0.3 is 5.32 Å². The highest BCUT2D eigenvalue weighted by Crippen LogP contribution is 2.30. The number of hydrogen-bond donors (Lipinski definition) is 1. The number of aryl methyl sites for hydroxylation is 2. The minimum Gasteiger partial charge on any atom is -0.351 e. The smallest absolute Gasteiger partial charge is 0.261 e. The topological polar surface area (TPSA) is 29.1 Å². The van der Waals surface area contributed by atoms with Gasteiger partial charge in [0.25, 0.3) is 5.91 Å². The van der Waals surface area contributed by atoms with Crippen molar-refractivity contribution < 1.29 is 4.79 Å².